The second-order valence-corrected chi connectivity index (χ2v) is 10.8. The average molecular weight is 509 g/mol. The molecule has 1 heteroatoms. The first-order chi connectivity index (χ1) is 19.9. The van der Waals surface area contributed by atoms with E-state index in [0.29, 0.717) is 0 Å². The molecule has 7 aromatic rings. The molecule has 6 aromatic carbocycles. The van der Waals surface area contributed by atoms with Gasteiger partial charge in [0.2, 0.25) is 0 Å². The molecule has 0 atom stereocenters. The zero-order valence-corrected chi connectivity index (χ0v) is 21.8. The van der Waals surface area contributed by atoms with Crippen molar-refractivity contribution in [1.29, 1.82) is 0 Å². The van der Waals surface area contributed by atoms with Crippen LogP contribution in [0.2, 0.25) is 0 Å². The molecule has 0 amide bonds. The maximum absolute atomic E-state index is 6.81. The average Bonchev–Trinajstić information content (AvgIpc) is 3.65. The molecule has 1 heterocycles. The molecule has 0 fully saturated rings. The second-order valence-electron chi connectivity index (χ2n) is 10.8. The summed E-state index contributed by atoms with van der Waals surface area (Å²) >= 11 is 0. The summed E-state index contributed by atoms with van der Waals surface area (Å²) in [5.41, 5.74) is 14.4. The van der Waals surface area contributed by atoms with Gasteiger partial charge in [-0.2, -0.15) is 0 Å². The van der Waals surface area contributed by atoms with Crippen molar-refractivity contribution in [1.82, 2.24) is 0 Å². The van der Waals surface area contributed by atoms with Gasteiger partial charge in [0, 0.05) is 16.5 Å². The second kappa shape index (κ2) is 7.94. The highest BCUT2D eigenvalue weighted by Gasteiger charge is 2.54. The normalized spacial score (nSPS) is 13.7. The molecule has 186 valence electrons. The SMILES string of the molecule is c1ccc(-c2ccc(-c3cccc4c3-c3oc5ccccc5c3C43c4ccccc4-c4ccccc43)cc2)cc1. The minimum Gasteiger partial charge on any atom is -0.456 e. The Morgan fingerprint density at radius 3 is 1.70 bits per heavy atom. The molecule has 0 bridgehead atoms. The van der Waals surface area contributed by atoms with Gasteiger partial charge in [-0.05, 0) is 56.1 Å². The number of para-hydroxylation sites is 1. The fourth-order valence-electron chi connectivity index (χ4n) is 7.35. The van der Waals surface area contributed by atoms with E-state index in [0.717, 1.165) is 11.3 Å². The van der Waals surface area contributed by atoms with Crippen LogP contribution in [-0.4, -0.2) is 0 Å². The lowest BCUT2D eigenvalue weighted by atomic mass is 9.70. The maximum Gasteiger partial charge on any atom is 0.141 e. The minimum atomic E-state index is -0.426. The molecular formula is C39H24O. The van der Waals surface area contributed by atoms with E-state index in [1.165, 1.54) is 66.6 Å². The summed E-state index contributed by atoms with van der Waals surface area (Å²) in [6, 6.07) is 52.7. The molecule has 2 aliphatic carbocycles. The molecule has 1 nitrogen and oxygen atoms in total. The van der Waals surface area contributed by atoms with Crippen LogP contribution in [0.4, 0.5) is 0 Å². The van der Waals surface area contributed by atoms with Crippen molar-refractivity contribution in [3.8, 4) is 44.7 Å². The summed E-state index contributed by atoms with van der Waals surface area (Å²) < 4.78 is 6.81. The molecule has 0 saturated carbocycles. The van der Waals surface area contributed by atoms with Gasteiger partial charge in [0.05, 0.1) is 5.41 Å². The first kappa shape index (κ1) is 21.8. The molecule has 0 aliphatic heterocycles. The fraction of sp³-hybridized carbons (Fsp3) is 0.0256. The Morgan fingerprint density at radius 1 is 0.400 bits per heavy atom. The smallest absolute Gasteiger partial charge is 0.141 e. The van der Waals surface area contributed by atoms with Gasteiger partial charge in [-0.3, -0.25) is 0 Å². The van der Waals surface area contributed by atoms with Crippen molar-refractivity contribution in [2.75, 3.05) is 0 Å². The quantitative estimate of drug-likeness (QED) is 0.226. The van der Waals surface area contributed by atoms with Crippen molar-refractivity contribution in [2.45, 2.75) is 5.41 Å². The Labute approximate surface area is 233 Å². The zero-order chi connectivity index (χ0) is 26.3. The summed E-state index contributed by atoms with van der Waals surface area (Å²) in [4.78, 5) is 0. The van der Waals surface area contributed by atoms with Crippen LogP contribution in [0.3, 0.4) is 0 Å². The molecule has 40 heavy (non-hydrogen) atoms. The van der Waals surface area contributed by atoms with Gasteiger partial charge in [-0.1, -0.05) is 140 Å². The van der Waals surface area contributed by atoms with Gasteiger partial charge in [-0.15, -0.1) is 0 Å². The highest BCUT2D eigenvalue weighted by molar-refractivity contribution is 6.05. The number of fused-ring (bicyclic) bond motifs is 12. The first-order valence-corrected chi connectivity index (χ1v) is 13.9. The van der Waals surface area contributed by atoms with Gasteiger partial charge >= 0.3 is 0 Å². The van der Waals surface area contributed by atoms with Crippen LogP contribution in [0.25, 0.3) is 55.7 Å². The summed E-state index contributed by atoms with van der Waals surface area (Å²) in [5.74, 6) is 0.991. The number of hydrogen-bond acceptors (Lipinski definition) is 1. The van der Waals surface area contributed by atoms with Crippen LogP contribution in [0.5, 0.6) is 0 Å². The third kappa shape index (κ3) is 2.67. The Balaban J connectivity index is 1.38. The van der Waals surface area contributed by atoms with Gasteiger partial charge in [0.25, 0.3) is 0 Å². The molecule has 2 aliphatic rings. The van der Waals surface area contributed by atoms with Gasteiger partial charge in [-0.25, -0.2) is 0 Å². The minimum absolute atomic E-state index is 0.426. The van der Waals surface area contributed by atoms with E-state index in [-0.39, 0.29) is 0 Å². The lowest BCUT2D eigenvalue weighted by Gasteiger charge is -2.30. The van der Waals surface area contributed by atoms with Gasteiger partial charge in [0.1, 0.15) is 11.3 Å². The molecule has 9 rings (SSSR count). The van der Waals surface area contributed by atoms with E-state index in [2.05, 4.69) is 146 Å². The predicted octanol–water partition coefficient (Wildman–Crippen LogP) is 10.1. The third-order valence-electron chi connectivity index (χ3n) is 8.92. The Kier molecular flexibility index (Phi) is 4.32. The van der Waals surface area contributed by atoms with Crippen LogP contribution in [-0.2, 0) is 5.41 Å². The van der Waals surface area contributed by atoms with Crippen LogP contribution in [0.15, 0.2) is 150 Å². The van der Waals surface area contributed by atoms with Crippen molar-refractivity contribution in [3.05, 3.63) is 168 Å². The van der Waals surface area contributed by atoms with E-state index < -0.39 is 5.41 Å². The van der Waals surface area contributed by atoms with E-state index >= 15 is 0 Å². The first-order valence-electron chi connectivity index (χ1n) is 13.9. The summed E-state index contributed by atoms with van der Waals surface area (Å²) in [6.07, 6.45) is 0. The number of furan rings is 1. The molecule has 0 saturated heterocycles. The topological polar surface area (TPSA) is 13.1 Å². The van der Waals surface area contributed by atoms with E-state index in [1.807, 2.05) is 0 Å². The van der Waals surface area contributed by atoms with Gasteiger partial charge in [0.15, 0.2) is 0 Å². The van der Waals surface area contributed by atoms with Crippen molar-refractivity contribution >= 4 is 11.0 Å². The lowest BCUT2D eigenvalue weighted by molar-refractivity contribution is 0.629. The standard InChI is InChI=1S/C39H24O/c1-2-11-25(12-3-1)26-21-23-27(24-22-26)28-16-10-19-34-36(28)38-37(31-15-6-9-20-35(31)40-38)39(34)32-17-7-4-13-29(32)30-14-5-8-18-33(30)39/h1-24H. The zero-order valence-electron chi connectivity index (χ0n) is 21.8. The van der Waals surface area contributed by atoms with Crippen LogP contribution in [0.1, 0.15) is 22.3 Å². The highest BCUT2D eigenvalue weighted by atomic mass is 16.3. The molecule has 0 N–H and O–H groups in total. The number of rotatable bonds is 2. The highest BCUT2D eigenvalue weighted by Crippen LogP contribution is 2.65. The largest absolute Gasteiger partial charge is 0.456 e. The predicted molar refractivity (Wildman–Crippen MR) is 163 cm³/mol. The van der Waals surface area contributed by atoms with Crippen molar-refractivity contribution in [2.24, 2.45) is 0 Å². The van der Waals surface area contributed by atoms with Crippen LogP contribution >= 0.6 is 0 Å². The van der Waals surface area contributed by atoms with E-state index in [9.17, 15) is 0 Å². The molecule has 1 aromatic heterocycles. The van der Waals surface area contributed by atoms with Crippen LogP contribution in [0, 0.1) is 0 Å². The monoisotopic (exact) mass is 508 g/mol. The van der Waals surface area contributed by atoms with Crippen molar-refractivity contribution in [3.63, 3.8) is 0 Å². The fourth-order valence-corrected chi connectivity index (χ4v) is 7.35. The molecular weight excluding hydrogens is 484 g/mol. The Morgan fingerprint density at radius 2 is 0.950 bits per heavy atom. The molecule has 1 spiro atoms. The summed E-state index contributed by atoms with van der Waals surface area (Å²) in [6.45, 7) is 0. The Hall–Kier alpha value is -5.14. The van der Waals surface area contributed by atoms with Crippen molar-refractivity contribution < 1.29 is 4.42 Å². The lowest BCUT2D eigenvalue weighted by Crippen LogP contribution is -2.25. The van der Waals surface area contributed by atoms with Crippen LogP contribution < -0.4 is 0 Å². The van der Waals surface area contributed by atoms with E-state index in [4.69, 9.17) is 4.42 Å². The summed E-state index contributed by atoms with van der Waals surface area (Å²) in [5, 5.41) is 1.19. The number of benzene rings is 6. The maximum atomic E-state index is 6.81. The third-order valence-corrected chi connectivity index (χ3v) is 8.92. The number of hydrogen-bond donors (Lipinski definition) is 0. The van der Waals surface area contributed by atoms with Gasteiger partial charge < -0.3 is 4.42 Å². The molecule has 0 unspecified atom stereocenters. The van der Waals surface area contributed by atoms with E-state index in [1.54, 1.807) is 0 Å². The Bertz CT molecular complexity index is 2050. The molecule has 0 radical (unpaired) electrons. The summed E-state index contributed by atoms with van der Waals surface area (Å²) in [7, 11) is 0.